The van der Waals surface area contributed by atoms with Crippen molar-refractivity contribution in [1.29, 1.82) is 0 Å². The third-order valence-corrected chi connectivity index (χ3v) is 2.03. The zero-order chi connectivity index (χ0) is 8.93. The van der Waals surface area contributed by atoms with E-state index in [1.165, 1.54) is 11.1 Å². The lowest BCUT2D eigenvalue weighted by Crippen LogP contribution is -1.85. The summed E-state index contributed by atoms with van der Waals surface area (Å²) in [5, 5.41) is 0. The summed E-state index contributed by atoms with van der Waals surface area (Å²) in [4.78, 5) is 4.08. The van der Waals surface area contributed by atoms with Crippen LogP contribution < -0.4 is 0 Å². The lowest BCUT2D eigenvalue weighted by molar-refractivity contribution is 1.25. The van der Waals surface area contributed by atoms with Gasteiger partial charge in [-0.1, -0.05) is 36.4 Å². The molecular weight excluding hydrogens is 158 g/mol. The standard InChI is InChI=1S/C12H11N/c1-2-6-12-8-4-10-13-9-3-7-11(12)5-1/h1-7,9-10H,8H2/b7-3-,10-4-,13-9-. The molecule has 13 heavy (non-hydrogen) atoms. The second-order valence-electron chi connectivity index (χ2n) is 2.94. The maximum absolute atomic E-state index is 4.08. The number of rotatable bonds is 0. The summed E-state index contributed by atoms with van der Waals surface area (Å²) in [6.45, 7) is 0. The predicted octanol–water partition coefficient (Wildman–Crippen LogP) is 2.84. The Morgan fingerprint density at radius 3 is 3.08 bits per heavy atom. The van der Waals surface area contributed by atoms with Crippen LogP contribution >= 0.6 is 0 Å². The van der Waals surface area contributed by atoms with Gasteiger partial charge < -0.3 is 0 Å². The van der Waals surface area contributed by atoms with Crippen LogP contribution in [0.4, 0.5) is 0 Å². The zero-order valence-corrected chi connectivity index (χ0v) is 7.35. The molecule has 1 heterocycles. The van der Waals surface area contributed by atoms with E-state index in [0.29, 0.717) is 0 Å². The molecule has 1 aliphatic heterocycles. The number of nitrogens with zero attached hydrogens (tertiary/aromatic N) is 1. The highest BCUT2D eigenvalue weighted by Crippen LogP contribution is 2.12. The summed E-state index contributed by atoms with van der Waals surface area (Å²) in [6.07, 6.45) is 10.7. The highest BCUT2D eigenvalue weighted by atomic mass is 14.7. The van der Waals surface area contributed by atoms with Crippen molar-refractivity contribution < 1.29 is 0 Å². The first-order valence-electron chi connectivity index (χ1n) is 4.39. The van der Waals surface area contributed by atoms with E-state index >= 15 is 0 Å². The molecule has 0 aromatic heterocycles. The van der Waals surface area contributed by atoms with Crippen LogP contribution in [0.5, 0.6) is 0 Å². The molecule has 0 aliphatic carbocycles. The topological polar surface area (TPSA) is 12.4 Å². The molecule has 2 rings (SSSR count). The molecule has 0 amide bonds. The van der Waals surface area contributed by atoms with E-state index < -0.39 is 0 Å². The molecule has 0 bridgehead atoms. The van der Waals surface area contributed by atoms with Crippen molar-refractivity contribution in [2.24, 2.45) is 4.99 Å². The van der Waals surface area contributed by atoms with Crippen molar-refractivity contribution in [3.63, 3.8) is 0 Å². The number of hydrogen-bond acceptors (Lipinski definition) is 1. The summed E-state index contributed by atoms with van der Waals surface area (Å²) in [7, 11) is 0. The fourth-order valence-corrected chi connectivity index (χ4v) is 1.37. The van der Waals surface area contributed by atoms with Crippen LogP contribution in [-0.4, -0.2) is 6.21 Å². The van der Waals surface area contributed by atoms with E-state index in [4.69, 9.17) is 0 Å². The molecule has 0 saturated heterocycles. The second-order valence-corrected chi connectivity index (χ2v) is 2.94. The molecule has 0 spiro atoms. The van der Waals surface area contributed by atoms with Gasteiger partial charge in [-0.2, -0.15) is 0 Å². The monoisotopic (exact) mass is 169 g/mol. The molecule has 0 N–H and O–H groups in total. The van der Waals surface area contributed by atoms with Gasteiger partial charge in [0, 0.05) is 12.4 Å². The Kier molecular flexibility index (Phi) is 2.37. The number of allylic oxidation sites excluding steroid dienone is 2. The lowest BCUT2D eigenvalue weighted by atomic mass is 10.0. The van der Waals surface area contributed by atoms with Crippen LogP contribution in [0.15, 0.2) is 47.6 Å². The molecule has 64 valence electrons. The summed E-state index contributed by atoms with van der Waals surface area (Å²) in [6, 6.07) is 8.40. The summed E-state index contributed by atoms with van der Waals surface area (Å²) < 4.78 is 0. The van der Waals surface area contributed by atoms with Crippen molar-refractivity contribution in [2.75, 3.05) is 0 Å². The second kappa shape index (κ2) is 3.85. The highest BCUT2D eigenvalue weighted by molar-refractivity contribution is 5.79. The van der Waals surface area contributed by atoms with Crippen molar-refractivity contribution in [3.8, 4) is 0 Å². The normalized spacial score (nSPS) is 21.8. The summed E-state index contributed by atoms with van der Waals surface area (Å²) in [5.41, 5.74) is 2.63. The molecule has 1 aromatic carbocycles. The molecule has 1 heteroatoms. The third kappa shape index (κ3) is 1.94. The van der Waals surface area contributed by atoms with Gasteiger partial charge in [0.1, 0.15) is 0 Å². The lowest BCUT2D eigenvalue weighted by Gasteiger charge is -2.00. The Morgan fingerprint density at radius 1 is 1.15 bits per heavy atom. The predicted molar refractivity (Wildman–Crippen MR) is 56.8 cm³/mol. The van der Waals surface area contributed by atoms with Crippen LogP contribution in [0.3, 0.4) is 0 Å². The average molecular weight is 169 g/mol. The third-order valence-electron chi connectivity index (χ3n) is 2.03. The van der Waals surface area contributed by atoms with Crippen LogP contribution in [0, 0.1) is 0 Å². The van der Waals surface area contributed by atoms with Gasteiger partial charge in [-0.15, -0.1) is 0 Å². The van der Waals surface area contributed by atoms with Gasteiger partial charge in [-0.25, -0.2) is 0 Å². The van der Waals surface area contributed by atoms with Gasteiger partial charge in [0.2, 0.25) is 0 Å². The Balaban J connectivity index is 2.44. The maximum atomic E-state index is 4.08. The fraction of sp³-hybridized carbons (Fsp3) is 0.0833. The van der Waals surface area contributed by atoms with Gasteiger partial charge >= 0.3 is 0 Å². The first kappa shape index (κ1) is 7.99. The quantitative estimate of drug-likeness (QED) is 0.566. The number of benzene rings is 1. The van der Waals surface area contributed by atoms with Gasteiger partial charge in [-0.3, -0.25) is 4.99 Å². The van der Waals surface area contributed by atoms with Gasteiger partial charge in [0.05, 0.1) is 0 Å². The largest absolute Gasteiger partial charge is 0.265 e. The fourth-order valence-electron chi connectivity index (χ4n) is 1.37. The van der Waals surface area contributed by atoms with E-state index in [0.717, 1.165) is 6.42 Å². The number of aliphatic imine (C=N–C) groups is 1. The summed E-state index contributed by atoms with van der Waals surface area (Å²) in [5.74, 6) is 0. The number of fused-ring (bicyclic) bond motifs is 1. The highest BCUT2D eigenvalue weighted by Gasteiger charge is 1.95. The van der Waals surface area contributed by atoms with E-state index in [1.807, 2.05) is 12.3 Å². The Hall–Kier alpha value is -1.63. The first-order valence-corrected chi connectivity index (χ1v) is 4.39. The van der Waals surface area contributed by atoms with E-state index in [-0.39, 0.29) is 0 Å². The molecule has 0 radical (unpaired) electrons. The molecule has 1 nitrogen and oxygen atoms in total. The van der Waals surface area contributed by atoms with Crippen LogP contribution in [-0.2, 0) is 6.42 Å². The first-order chi connectivity index (χ1) is 6.47. The molecule has 0 atom stereocenters. The molecule has 1 aliphatic rings. The maximum Gasteiger partial charge on any atom is 0.0267 e. The molecule has 1 aromatic rings. The van der Waals surface area contributed by atoms with Crippen molar-refractivity contribution >= 4 is 12.3 Å². The molecule has 0 saturated carbocycles. The van der Waals surface area contributed by atoms with E-state index in [9.17, 15) is 0 Å². The average Bonchev–Trinajstić information content (AvgIpc) is 2.28. The zero-order valence-electron chi connectivity index (χ0n) is 7.35. The SMILES string of the molecule is C1=C/c2ccccc2C\C=C/N=C\1. The number of hydrogen-bond donors (Lipinski definition) is 0. The molecule has 0 unspecified atom stereocenters. The van der Waals surface area contributed by atoms with Crippen molar-refractivity contribution in [1.82, 2.24) is 0 Å². The minimum absolute atomic E-state index is 0.956. The molecular formula is C12H11N. The Morgan fingerprint density at radius 2 is 2.08 bits per heavy atom. The smallest absolute Gasteiger partial charge is 0.0267 e. The summed E-state index contributed by atoms with van der Waals surface area (Å²) >= 11 is 0. The minimum atomic E-state index is 0.956. The minimum Gasteiger partial charge on any atom is -0.265 e. The van der Waals surface area contributed by atoms with E-state index in [2.05, 4.69) is 41.4 Å². The van der Waals surface area contributed by atoms with Gasteiger partial charge in [0.15, 0.2) is 0 Å². The van der Waals surface area contributed by atoms with Crippen LogP contribution in [0.25, 0.3) is 6.08 Å². The Bertz CT molecular complexity index is 372. The Labute approximate surface area is 78.1 Å². The van der Waals surface area contributed by atoms with E-state index in [1.54, 1.807) is 6.21 Å². The van der Waals surface area contributed by atoms with Crippen molar-refractivity contribution in [3.05, 3.63) is 53.7 Å². The van der Waals surface area contributed by atoms with Crippen LogP contribution in [0.1, 0.15) is 11.1 Å². The van der Waals surface area contributed by atoms with Gasteiger partial charge in [0.25, 0.3) is 0 Å². The van der Waals surface area contributed by atoms with Gasteiger partial charge in [-0.05, 0) is 23.6 Å². The van der Waals surface area contributed by atoms with Crippen molar-refractivity contribution in [2.45, 2.75) is 6.42 Å². The molecule has 0 fully saturated rings. The van der Waals surface area contributed by atoms with Crippen LogP contribution in [0.2, 0.25) is 0 Å².